The summed E-state index contributed by atoms with van der Waals surface area (Å²) in [5.74, 6) is -0.708. The number of hydrogen-bond acceptors (Lipinski definition) is 5. The molecular formula is C20H30N2O5. The van der Waals surface area contributed by atoms with Crippen molar-refractivity contribution in [3.05, 3.63) is 29.8 Å². The first-order valence-electron chi connectivity index (χ1n) is 8.84. The molecular weight excluding hydrogens is 348 g/mol. The van der Waals surface area contributed by atoms with Crippen molar-refractivity contribution in [2.45, 2.75) is 72.1 Å². The summed E-state index contributed by atoms with van der Waals surface area (Å²) in [6.07, 6.45) is -0.456. The second-order valence-corrected chi connectivity index (χ2v) is 8.31. The SMILES string of the molecule is CC(=O)Nc1ccc(CC(NC(=O)OC(C)(C)C)C(=O)OC(C)(C)C)cc1. The molecule has 150 valence electrons. The van der Waals surface area contributed by atoms with Crippen LogP contribution in [0.25, 0.3) is 0 Å². The molecule has 0 heterocycles. The highest BCUT2D eigenvalue weighted by molar-refractivity contribution is 5.88. The Labute approximate surface area is 160 Å². The van der Waals surface area contributed by atoms with Gasteiger partial charge in [0, 0.05) is 19.0 Å². The lowest BCUT2D eigenvalue weighted by Gasteiger charge is -2.26. The van der Waals surface area contributed by atoms with E-state index in [9.17, 15) is 14.4 Å². The van der Waals surface area contributed by atoms with Crippen molar-refractivity contribution in [2.24, 2.45) is 0 Å². The molecule has 0 saturated heterocycles. The summed E-state index contributed by atoms with van der Waals surface area (Å²) < 4.78 is 10.7. The summed E-state index contributed by atoms with van der Waals surface area (Å²) in [6.45, 7) is 12.0. The van der Waals surface area contributed by atoms with Gasteiger partial charge in [0.05, 0.1) is 0 Å². The standard InChI is InChI=1S/C20H30N2O5/c1-13(23)21-15-10-8-14(9-11-15)12-16(17(24)26-19(2,3)4)22-18(25)27-20(5,6)7/h8-11,16H,12H2,1-7H3,(H,21,23)(H,22,25). The predicted molar refractivity (Wildman–Crippen MR) is 103 cm³/mol. The van der Waals surface area contributed by atoms with Crippen molar-refractivity contribution in [2.75, 3.05) is 5.32 Å². The molecule has 0 aromatic heterocycles. The second-order valence-electron chi connectivity index (χ2n) is 8.31. The minimum Gasteiger partial charge on any atom is -0.458 e. The molecule has 1 unspecified atom stereocenters. The lowest BCUT2D eigenvalue weighted by Crippen LogP contribution is -2.47. The highest BCUT2D eigenvalue weighted by Gasteiger charge is 2.28. The summed E-state index contributed by atoms with van der Waals surface area (Å²) in [5, 5.41) is 5.26. The number of carbonyl (C=O) groups is 3. The van der Waals surface area contributed by atoms with Gasteiger partial charge in [-0.2, -0.15) is 0 Å². The largest absolute Gasteiger partial charge is 0.458 e. The highest BCUT2D eigenvalue weighted by Crippen LogP contribution is 2.15. The molecule has 7 nitrogen and oxygen atoms in total. The van der Waals surface area contributed by atoms with E-state index in [0.29, 0.717) is 5.69 Å². The predicted octanol–water partition coefficient (Wildman–Crippen LogP) is 3.42. The quantitative estimate of drug-likeness (QED) is 0.766. The van der Waals surface area contributed by atoms with E-state index in [1.807, 2.05) is 0 Å². The fraction of sp³-hybridized carbons (Fsp3) is 0.550. The van der Waals surface area contributed by atoms with Crippen LogP contribution in [0.3, 0.4) is 0 Å². The van der Waals surface area contributed by atoms with E-state index in [1.54, 1.807) is 65.8 Å². The van der Waals surface area contributed by atoms with Crippen LogP contribution in [0.2, 0.25) is 0 Å². The topological polar surface area (TPSA) is 93.7 Å². The minimum atomic E-state index is -0.898. The Bertz CT molecular complexity index is 669. The number of amides is 2. The summed E-state index contributed by atoms with van der Waals surface area (Å²) in [5.41, 5.74) is 0.0965. The van der Waals surface area contributed by atoms with Gasteiger partial charge in [-0.1, -0.05) is 12.1 Å². The number of benzene rings is 1. The summed E-state index contributed by atoms with van der Waals surface area (Å²) in [6, 6.07) is 6.12. The third-order valence-corrected chi connectivity index (χ3v) is 3.10. The first-order valence-corrected chi connectivity index (χ1v) is 8.84. The molecule has 0 spiro atoms. The van der Waals surface area contributed by atoms with Crippen LogP contribution in [0.5, 0.6) is 0 Å². The van der Waals surface area contributed by atoms with Crippen molar-refractivity contribution in [3.63, 3.8) is 0 Å². The van der Waals surface area contributed by atoms with Gasteiger partial charge in [0.2, 0.25) is 5.91 Å². The molecule has 0 saturated carbocycles. The van der Waals surface area contributed by atoms with E-state index in [0.717, 1.165) is 5.56 Å². The van der Waals surface area contributed by atoms with E-state index < -0.39 is 29.3 Å². The Balaban J connectivity index is 2.91. The Hall–Kier alpha value is -2.57. The number of hydrogen-bond donors (Lipinski definition) is 2. The number of esters is 1. The number of nitrogens with one attached hydrogen (secondary N) is 2. The number of anilines is 1. The number of ether oxygens (including phenoxy) is 2. The Kier molecular flexibility index (Phi) is 7.39. The van der Waals surface area contributed by atoms with Crippen LogP contribution in [0.15, 0.2) is 24.3 Å². The van der Waals surface area contributed by atoms with E-state index >= 15 is 0 Å². The molecule has 0 aliphatic heterocycles. The maximum atomic E-state index is 12.5. The molecule has 1 rings (SSSR count). The van der Waals surface area contributed by atoms with Gasteiger partial charge in [-0.05, 0) is 59.2 Å². The van der Waals surface area contributed by atoms with Gasteiger partial charge in [-0.25, -0.2) is 9.59 Å². The fourth-order valence-corrected chi connectivity index (χ4v) is 2.18. The van der Waals surface area contributed by atoms with Gasteiger partial charge in [-0.15, -0.1) is 0 Å². The Morgan fingerprint density at radius 1 is 0.926 bits per heavy atom. The smallest absolute Gasteiger partial charge is 0.408 e. The van der Waals surface area contributed by atoms with Crippen molar-refractivity contribution in [3.8, 4) is 0 Å². The monoisotopic (exact) mass is 378 g/mol. The van der Waals surface area contributed by atoms with Gasteiger partial charge in [-0.3, -0.25) is 4.79 Å². The van der Waals surface area contributed by atoms with E-state index in [1.165, 1.54) is 6.92 Å². The normalized spacial score (nSPS) is 12.7. The summed E-state index contributed by atoms with van der Waals surface area (Å²) >= 11 is 0. The maximum absolute atomic E-state index is 12.5. The average Bonchev–Trinajstić information content (AvgIpc) is 2.44. The van der Waals surface area contributed by atoms with Gasteiger partial charge >= 0.3 is 12.1 Å². The molecule has 0 aliphatic rings. The van der Waals surface area contributed by atoms with Crippen LogP contribution < -0.4 is 10.6 Å². The molecule has 0 fully saturated rings. The van der Waals surface area contributed by atoms with E-state index in [-0.39, 0.29) is 12.3 Å². The van der Waals surface area contributed by atoms with Crippen LogP contribution in [-0.4, -0.2) is 35.2 Å². The number of rotatable bonds is 5. The zero-order chi connectivity index (χ0) is 20.8. The zero-order valence-corrected chi connectivity index (χ0v) is 17.1. The molecule has 1 aromatic rings. The first kappa shape index (κ1) is 22.5. The lowest BCUT2D eigenvalue weighted by molar-refractivity contribution is -0.157. The molecule has 2 amide bonds. The van der Waals surface area contributed by atoms with Gasteiger partial charge in [0.25, 0.3) is 0 Å². The molecule has 1 atom stereocenters. The van der Waals surface area contributed by atoms with Crippen LogP contribution in [0.4, 0.5) is 10.5 Å². The van der Waals surface area contributed by atoms with Gasteiger partial charge in [0.15, 0.2) is 0 Å². The molecule has 27 heavy (non-hydrogen) atoms. The summed E-state index contributed by atoms with van der Waals surface area (Å²) in [4.78, 5) is 35.7. The molecule has 0 bridgehead atoms. The number of alkyl carbamates (subject to hydrolysis) is 1. The Morgan fingerprint density at radius 3 is 1.89 bits per heavy atom. The van der Waals surface area contributed by atoms with Crippen molar-refractivity contribution in [1.82, 2.24) is 5.32 Å². The Morgan fingerprint density at radius 2 is 1.44 bits per heavy atom. The van der Waals surface area contributed by atoms with Crippen LogP contribution in [0.1, 0.15) is 54.0 Å². The van der Waals surface area contributed by atoms with Crippen LogP contribution in [-0.2, 0) is 25.5 Å². The lowest BCUT2D eigenvalue weighted by atomic mass is 10.0. The van der Waals surface area contributed by atoms with Gasteiger partial charge < -0.3 is 20.1 Å². The molecule has 2 N–H and O–H groups in total. The minimum absolute atomic E-state index is 0.166. The highest BCUT2D eigenvalue weighted by atomic mass is 16.6. The van der Waals surface area contributed by atoms with Crippen LogP contribution in [0, 0.1) is 0 Å². The second kappa shape index (κ2) is 8.88. The molecule has 0 radical (unpaired) electrons. The van der Waals surface area contributed by atoms with Crippen molar-refractivity contribution < 1.29 is 23.9 Å². The number of carbonyl (C=O) groups excluding carboxylic acids is 3. The van der Waals surface area contributed by atoms with Gasteiger partial charge in [0.1, 0.15) is 17.2 Å². The van der Waals surface area contributed by atoms with Crippen molar-refractivity contribution >= 4 is 23.7 Å². The third-order valence-electron chi connectivity index (χ3n) is 3.10. The fourth-order valence-electron chi connectivity index (χ4n) is 2.18. The first-order chi connectivity index (χ1) is 12.2. The zero-order valence-electron chi connectivity index (χ0n) is 17.1. The molecule has 1 aromatic carbocycles. The van der Waals surface area contributed by atoms with E-state index in [4.69, 9.17) is 9.47 Å². The summed E-state index contributed by atoms with van der Waals surface area (Å²) in [7, 11) is 0. The average molecular weight is 378 g/mol. The molecule has 0 aliphatic carbocycles. The third kappa shape index (κ3) is 9.63. The maximum Gasteiger partial charge on any atom is 0.408 e. The van der Waals surface area contributed by atoms with Crippen molar-refractivity contribution in [1.29, 1.82) is 0 Å². The van der Waals surface area contributed by atoms with Crippen LogP contribution >= 0.6 is 0 Å². The van der Waals surface area contributed by atoms with E-state index in [2.05, 4.69) is 10.6 Å². The molecule has 7 heteroatoms.